The molecule has 0 saturated carbocycles. The zero-order valence-corrected chi connectivity index (χ0v) is 26.8. The van der Waals surface area contributed by atoms with Gasteiger partial charge >= 0.3 is 234 Å². The minimum atomic E-state index is -4.43. The summed E-state index contributed by atoms with van der Waals surface area (Å²) in [5.74, 6) is -0.495. The molecule has 2 nitrogen and oxygen atoms in total. The van der Waals surface area contributed by atoms with E-state index in [1.54, 1.807) is 0 Å². The Balaban J connectivity index is 3.19. The van der Waals surface area contributed by atoms with Crippen LogP contribution in [0.25, 0.3) is 0 Å². The predicted octanol–water partition coefficient (Wildman–Crippen LogP) is 10.9. The molecule has 0 aliphatic carbocycles. The van der Waals surface area contributed by atoms with Gasteiger partial charge in [0.05, 0.1) is 0 Å². The van der Waals surface area contributed by atoms with E-state index in [1.165, 1.54) is 25.4 Å². The number of rotatable bonds is 19. The molecule has 0 amide bonds. The van der Waals surface area contributed by atoms with Gasteiger partial charge in [0.2, 0.25) is 0 Å². The summed E-state index contributed by atoms with van der Waals surface area (Å²) in [4.78, 5) is 13.2. The molecule has 1 rings (SSSR count). The second kappa shape index (κ2) is 19.5. The van der Waals surface area contributed by atoms with Crippen LogP contribution in [0, 0.1) is 0 Å². The topological polar surface area (TPSA) is 26.3 Å². The van der Waals surface area contributed by atoms with Crippen LogP contribution >= 0.6 is 0 Å². The van der Waals surface area contributed by atoms with Gasteiger partial charge in [-0.3, -0.25) is 0 Å². The van der Waals surface area contributed by atoms with Crippen molar-refractivity contribution in [1.29, 1.82) is 0 Å². The summed E-state index contributed by atoms with van der Waals surface area (Å²) in [7, 11) is 0. The normalized spacial score (nSPS) is 13.7. The summed E-state index contributed by atoms with van der Waals surface area (Å²) in [6.07, 6.45) is 18.8. The molecular formula is C32H49F3O2Sn. The SMILES string of the molecule is CC/C=C\C/C=C\C/C=C\C[C@@H](OC(=O)c1ccc(C(F)(F)F)cc1)[Sn]([CH2]CCC)([CH2]CCC)[CH2]CCC. The fourth-order valence-corrected chi connectivity index (χ4v) is 21.6. The average Bonchev–Trinajstić information content (AvgIpc) is 2.91. The number of benzene rings is 1. The zero-order chi connectivity index (χ0) is 28.3. The van der Waals surface area contributed by atoms with E-state index in [-0.39, 0.29) is 9.68 Å². The van der Waals surface area contributed by atoms with Gasteiger partial charge in [0, 0.05) is 0 Å². The Morgan fingerprint density at radius 1 is 0.789 bits per heavy atom. The molecule has 38 heavy (non-hydrogen) atoms. The van der Waals surface area contributed by atoms with Crippen LogP contribution in [0.1, 0.15) is 108 Å². The van der Waals surface area contributed by atoms with Gasteiger partial charge in [-0.2, -0.15) is 0 Å². The van der Waals surface area contributed by atoms with E-state index >= 15 is 0 Å². The molecule has 0 saturated heterocycles. The third kappa shape index (κ3) is 13.0. The average molecular weight is 641 g/mol. The van der Waals surface area contributed by atoms with E-state index in [2.05, 4.69) is 64.2 Å². The van der Waals surface area contributed by atoms with E-state index < -0.39 is 36.1 Å². The number of unbranched alkanes of at least 4 members (excludes halogenated alkanes) is 3. The first-order valence-corrected chi connectivity index (χ1v) is 22.3. The third-order valence-corrected chi connectivity index (χ3v) is 23.6. The van der Waals surface area contributed by atoms with Crippen LogP contribution < -0.4 is 0 Å². The minimum absolute atomic E-state index is 0.114. The number of hydrogen-bond donors (Lipinski definition) is 0. The Kier molecular flexibility index (Phi) is 17.8. The predicted molar refractivity (Wildman–Crippen MR) is 157 cm³/mol. The van der Waals surface area contributed by atoms with Crippen molar-refractivity contribution >= 4 is 24.3 Å². The Bertz CT molecular complexity index is 835. The summed E-state index contributed by atoms with van der Waals surface area (Å²) >= 11 is -2.97. The van der Waals surface area contributed by atoms with E-state index in [1.807, 2.05) is 0 Å². The number of hydrogen-bond acceptors (Lipinski definition) is 2. The standard InChI is InChI=1S/C20H22F3O2.3C4H9.Sn/c1-2-3-4-5-6-7-8-9-10-11-16-25-19(24)17-12-14-18(15-13-17)20(21,22)23;3*1-3-4-2;/h3-4,6-7,9-10,12-16H,2,5,8,11H2,1H3;3*1,3-4H2,2H3;/b4-3-,7-6-,10-9-;;;;. The van der Waals surface area contributed by atoms with Gasteiger partial charge in [-0.05, 0) is 0 Å². The molecule has 1 aromatic carbocycles. The quantitative estimate of drug-likeness (QED) is 0.0854. The summed E-state index contributed by atoms with van der Waals surface area (Å²) < 4.78 is 48.8. The molecular weight excluding hydrogens is 592 g/mol. The van der Waals surface area contributed by atoms with Crippen molar-refractivity contribution in [2.75, 3.05) is 0 Å². The Labute approximate surface area is 233 Å². The molecule has 0 aliphatic rings. The van der Waals surface area contributed by atoms with Crippen molar-refractivity contribution in [3.63, 3.8) is 0 Å². The summed E-state index contributed by atoms with van der Waals surface area (Å²) in [5.41, 5.74) is -0.564. The Hall–Kier alpha value is -1.50. The molecule has 0 unspecified atom stereocenters. The molecule has 214 valence electrons. The number of ether oxygens (including phenoxy) is 1. The van der Waals surface area contributed by atoms with Crippen molar-refractivity contribution in [2.45, 2.75) is 116 Å². The van der Waals surface area contributed by atoms with Crippen LogP contribution in [0.3, 0.4) is 0 Å². The van der Waals surface area contributed by atoms with Crippen LogP contribution in [0.4, 0.5) is 13.2 Å². The van der Waals surface area contributed by atoms with Gasteiger partial charge in [0.1, 0.15) is 0 Å². The number of carbonyl (C=O) groups is 1. The number of halogens is 3. The van der Waals surface area contributed by atoms with Gasteiger partial charge in [-0.1, -0.05) is 0 Å². The monoisotopic (exact) mass is 642 g/mol. The molecule has 0 N–H and O–H groups in total. The molecule has 1 atom stereocenters. The van der Waals surface area contributed by atoms with E-state index in [4.69, 9.17) is 4.74 Å². The van der Waals surface area contributed by atoms with Crippen LogP contribution in [-0.4, -0.2) is 28.5 Å². The van der Waals surface area contributed by atoms with Gasteiger partial charge in [-0.15, -0.1) is 0 Å². The molecule has 0 heterocycles. The molecule has 0 radical (unpaired) electrons. The van der Waals surface area contributed by atoms with Crippen molar-refractivity contribution < 1.29 is 22.7 Å². The second-order valence-corrected chi connectivity index (χ2v) is 24.1. The number of carbonyl (C=O) groups excluding carboxylic acids is 1. The van der Waals surface area contributed by atoms with E-state index in [0.717, 1.165) is 69.9 Å². The molecule has 1 aromatic rings. The second-order valence-electron chi connectivity index (χ2n) is 10.2. The summed E-state index contributed by atoms with van der Waals surface area (Å²) in [6.45, 7) is 8.75. The van der Waals surface area contributed by atoms with Gasteiger partial charge in [-0.25, -0.2) is 0 Å². The maximum absolute atomic E-state index is 13.2. The van der Waals surface area contributed by atoms with Crippen LogP contribution in [0.15, 0.2) is 60.7 Å². The Morgan fingerprint density at radius 3 is 1.71 bits per heavy atom. The number of esters is 1. The summed E-state index contributed by atoms with van der Waals surface area (Å²) in [6, 6.07) is 4.43. The first-order valence-electron chi connectivity index (χ1n) is 14.6. The molecule has 0 bridgehead atoms. The van der Waals surface area contributed by atoms with Crippen molar-refractivity contribution in [1.82, 2.24) is 0 Å². The molecule has 6 heteroatoms. The van der Waals surface area contributed by atoms with Crippen LogP contribution in [0.2, 0.25) is 13.3 Å². The van der Waals surface area contributed by atoms with Gasteiger partial charge < -0.3 is 0 Å². The van der Waals surface area contributed by atoms with Gasteiger partial charge in [0.15, 0.2) is 0 Å². The third-order valence-electron chi connectivity index (χ3n) is 7.10. The first-order chi connectivity index (χ1) is 18.2. The molecule has 0 aromatic heterocycles. The zero-order valence-electron chi connectivity index (χ0n) is 24.0. The number of allylic oxidation sites excluding steroid dienone is 5. The number of alkyl halides is 3. The van der Waals surface area contributed by atoms with Crippen molar-refractivity contribution in [2.24, 2.45) is 0 Å². The fraction of sp³-hybridized carbons (Fsp3) is 0.594. The first kappa shape index (κ1) is 34.5. The van der Waals surface area contributed by atoms with Crippen molar-refractivity contribution in [3.05, 3.63) is 71.8 Å². The van der Waals surface area contributed by atoms with E-state index in [9.17, 15) is 18.0 Å². The Morgan fingerprint density at radius 2 is 1.26 bits per heavy atom. The van der Waals surface area contributed by atoms with E-state index in [0.29, 0.717) is 6.42 Å². The summed E-state index contributed by atoms with van der Waals surface area (Å²) in [5, 5.41) is 0. The molecule has 0 aliphatic heterocycles. The molecule has 0 spiro atoms. The van der Waals surface area contributed by atoms with Crippen LogP contribution in [0.5, 0.6) is 0 Å². The maximum atomic E-state index is 13.2. The van der Waals surface area contributed by atoms with Crippen LogP contribution in [-0.2, 0) is 10.9 Å². The van der Waals surface area contributed by atoms with Gasteiger partial charge in [0.25, 0.3) is 0 Å². The molecule has 0 fully saturated rings. The fourth-order valence-electron chi connectivity index (χ4n) is 4.79. The van der Waals surface area contributed by atoms with Crippen molar-refractivity contribution in [3.8, 4) is 0 Å².